The van der Waals surface area contributed by atoms with E-state index >= 15 is 0 Å². The van der Waals surface area contributed by atoms with Gasteiger partial charge in [0.15, 0.2) is 5.82 Å². The molecule has 1 fully saturated rings. The Balaban J connectivity index is 1.47. The van der Waals surface area contributed by atoms with Crippen LogP contribution in [-0.2, 0) is 36.0 Å². The van der Waals surface area contributed by atoms with Gasteiger partial charge in [0.1, 0.15) is 5.75 Å². The molecule has 208 valence electrons. The third-order valence-electron chi connectivity index (χ3n) is 7.84. The summed E-state index contributed by atoms with van der Waals surface area (Å²) in [4.78, 5) is 16.1. The van der Waals surface area contributed by atoms with E-state index in [0.29, 0.717) is 68.3 Å². The molecule has 9 nitrogen and oxygen atoms in total. The van der Waals surface area contributed by atoms with Crippen LogP contribution < -0.4 is 9.64 Å². The van der Waals surface area contributed by atoms with E-state index in [4.69, 9.17) is 9.84 Å². The fourth-order valence-electron chi connectivity index (χ4n) is 5.97. The molecule has 0 N–H and O–H groups in total. The fourth-order valence-corrected chi connectivity index (χ4v) is 5.97. The maximum absolute atomic E-state index is 13.5. The van der Waals surface area contributed by atoms with Crippen molar-refractivity contribution in [2.45, 2.75) is 58.0 Å². The van der Waals surface area contributed by atoms with E-state index in [1.54, 1.807) is 35.8 Å². The van der Waals surface area contributed by atoms with Crippen molar-refractivity contribution in [1.29, 1.82) is 0 Å². The Hall–Kier alpha value is -3.54. The molecule has 39 heavy (non-hydrogen) atoms. The first-order chi connectivity index (χ1) is 18.7. The molecule has 0 radical (unpaired) electrons. The summed E-state index contributed by atoms with van der Waals surface area (Å²) in [5.41, 5.74) is 4.52. The second-order valence-corrected chi connectivity index (χ2v) is 10.4. The molecule has 3 aliphatic rings. The summed E-state index contributed by atoms with van der Waals surface area (Å²) in [6.45, 7) is 4.53. The number of rotatable bonds is 4. The van der Waals surface area contributed by atoms with Crippen molar-refractivity contribution in [1.82, 2.24) is 24.5 Å². The summed E-state index contributed by atoms with van der Waals surface area (Å²) in [6.07, 6.45) is 2.26. The first-order valence-electron chi connectivity index (χ1n) is 13.3. The smallest absolute Gasteiger partial charge is 0.405 e. The number of alkyl halides is 3. The number of benzene rings is 1. The van der Waals surface area contributed by atoms with Gasteiger partial charge in [-0.2, -0.15) is 10.2 Å². The predicted octanol–water partition coefficient (Wildman–Crippen LogP) is 4.52. The molecular weight excluding hydrogens is 513 g/mol. The highest BCUT2D eigenvalue weighted by atomic mass is 19.4. The van der Waals surface area contributed by atoms with Crippen LogP contribution >= 0.6 is 0 Å². The first-order valence-corrected chi connectivity index (χ1v) is 13.3. The van der Waals surface area contributed by atoms with Crippen molar-refractivity contribution in [3.8, 4) is 16.9 Å². The number of carbonyl (C=O) groups is 1. The van der Waals surface area contributed by atoms with Crippen molar-refractivity contribution in [3.63, 3.8) is 0 Å². The zero-order valence-electron chi connectivity index (χ0n) is 22.0. The van der Waals surface area contributed by atoms with E-state index in [9.17, 15) is 18.0 Å². The molecule has 0 saturated carbocycles. The van der Waals surface area contributed by atoms with Crippen LogP contribution in [0.3, 0.4) is 0 Å². The Morgan fingerprint density at radius 1 is 1.15 bits per heavy atom. The van der Waals surface area contributed by atoms with E-state index in [1.165, 1.54) is 12.3 Å². The number of ether oxygens (including phenoxy) is 2. The Kier molecular flexibility index (Phi) is 6.52. The number of amides is 1. The van der Waals surface area contributed by atoms with Crippen molar-refractivity contribution in [3.05, 3.63) is 41.3 Å². The molecule has 0 atom stereocenters. The van der Waals surface area contributed by atoms with E-state index in [2.05, 4.69) is 14.5 Å². The Bertz CT molecular complexity index is 1390. The van der Waals surface area contributed by atoms with Crippen LogP contribution in [0.25, 0.3) is 11.1 Å². The number of nitrogens with zero attached hydrogens (tertiary/aromatic N) is 6. The van der Waals surface area contributed by atoms with Gasteiger partial charge in [-0.3, -0.25) is 14.2 Å². The molecule has 2 aromatic heterocycles. The molecule has 12 heteroatoms. The van der Waals surface area contributed by atoms with Gasteiger partial charge in [-0.15, -0.1) is 13.2 Å². The lowest BCUT2D eigenvalue weighted by Gasteiger charge is -2.33. The van der Waals surface area contributed by atoms with Gasteiger partial charge in [-0.1, -0.05) is 0 Å². The minimum atomic E-state index is -4.85. The normalized spacial score (nSPS) is 18.2. The van der Waals surface area contributed by atoms with Gasteiger partial charge in [-0.25, -0.2) is 0 Å². The molecule has 0 bridgehead atoms. The maximum atomic E-state index is 13.5. The molecule has 6 rings (SSSR count). The van der Waals surface area contributed by atoms with Crippen LogP contribution in [0.2, 0.25) is 0 Å². The molecule has 1 aromatic carbocycles. The van der Waals surface area contributed by atoms with Crippen molar-refractivity contribution in [2.24, 2.45) is 7.05 Å². The summed E-state index contributed by atoms with van der Waals surface area (Å²) in [5.74, 6) is 0.422. The number of hydrogen-bond donors (Lipinski definition) is 0. The van der Waals surface area contributed by atoms with Crippen LogP contribution in [0.5, 0.6) is 5.75 Å². The van der Waals surface area contributed by atoms with Crippen molar-refractivity contribution < 1.29 is 27.4 Å². The van der Waals surface area contributed by atoms with E-state index < -0.39 is 6.36 Å². The third kappa shape index (κ3) is 4.97. The van der Waals surface area contributed by atoms with Crippen LogP contribution in [0, 0.1) is 0 Å². The Morgan fingerprint density at radius 2 is 1.95 bits per heavy atom. The van der Waals surface area contributed by atoms with E-state index in [1.807, 2.05) is 4.90 Å². The summed E-state index contributed by atoms with van der Waals surface area (Å²) in [6, 6.07) is 3.45. The van der Waals surface area contributed by atoms with E-state index in [-0.39, 0.29) is 17.7 Å². The fraction of sp³-hybridized carbons (Fsp3) is 0.519. The summed E-state index contributed by atoms with van der Waals surface area (Å²) in [5, 5.41) is 9.23. The van der Waals surface area contributed by atoms with Crippen LogP contribution in [-0.4, -0.2) is 63.0 Å². The average Bonchev–Trinajstić information content (AvgIpc) is 3.51. The van der Waals surface area contributed by atoms with Crippen LogP contribution in [0.1, 0.15) is 49.0 Å². The maximum Gasteiger partial charge on any atom is 0.573 e. The molecule has 3 aliphatic heterocycles. The monoisotopic (exact) mass is 544 g/mol. The molecule has 0 aliphatic carbocycles. The summed E-state index contributed by atoms with van der Waals surface area (Å²) < 4.78 is 54.3. The number of aromatic nitrogens is 4. The minimum Gasteiger partial charge on any atom is -0.405 e. The molecular formula is C27H31F3N6O3. The summed E-state index contributed by atoms with van der Waals surface area (Å²) in [7, 11) is 1.72. The van der Waals surface area contributed by atoms with Gasteiger partial charge in [0.2, 0.25) is 5.91 Å². The van der Waals surface area contributed by atoms with Crippen molar-refractivity contribution in [2.75, 3.05) is 31.2 Å². The molecule has 5 heterocycles. The third-order valence-corrected chi connectivity index (χ3v) is 7.84. The zero-order chi connectivity index (χ0) is 27.3. The largest absolute Gasteiger partial charge is 0.573 e. The highest BCUT2D eigenvalue weighted by Gasteiger charge is 2.36. The molecule has 0 spiro atoms. The van der Waals surface area contributed by atoms with Gasteiger partial charge in [0, 0.05) is 87.0 Å². The minimum absolute atomic E-state index is 0.00793. The van der Waals surface area contributed by atoms with Gasteiger partial charge >= 0.3 is 6.36 Å². The molecule has 1 amide bonds. The molecule has 1 saturated heterocycles. The number of carbonyl (C=O) groups excluding carboxylic acids is 1. The quantitative estimate of drug-likeness (QED) is 0.481. The standard InChI is InChI=1S/C27H31F3N6O3/c1-17(37)34-9-5-23-22(16-34)26(32-36(23)20-6-10-38-11-7-20)35-8-3-4-18-12-21(19-14-31-33(2)15-19)25(13-24(18)35)39-27(28,29)30/h12-15,20H,3-11,16H2,1-2H3. The lowest BCUT2D eigenvalue weighted by Crippen LogP contribution is -2.36. The lowest BCUT2D eigenvalue weighted by atomic mass is 9.95. The number of halogens is 3. The lowest BCUT2D eigenvalue weighted by molar-refractivity contribution is -0.274. The molecule has 3 aromatic rings. The van der Waals surface area contributed by atoms with E-state index in [0.717, 1.165) is 36.1 Å². The average molecular weight is 545 g/mol. The second kappa shape index (κ2) is 9.89. The number of hydrogen-bond acceptors (Lipinski definition) is 6. The van der Waals surface area contributed by atoms with Gasteiger partial charge in [0.25, 0.3) is 0 Å². The zero-order valence-corrected chi connectivity index (χ0v) is 22.0. The SMILES string of the molecule is CC(=O)N1CCc2c(c(N3CCCc4cc(-c5cnn(C)c5)c(OC(F)(F)F)cc43)nn2C2CCOCC2)C1. The highest BCUT2D eigenvalue weighted by Crippen LogP contribution is 2.45. The van der Waals surface area contributed by atoms with Gasteiger partial charge in [-0.05, 0) is 37.3 Å². The van der Waals surface area contributed by atoms with Crippen LogP contribution in [0.4, 0.5) is 24.7 Å². The Morgan fingerprint density at radius 3 is 2.64 bits per heavy atom. The van der Waals surface area contributed by atoms with Gasteiger partial charge < -0.3 is 19.3 Å². The van der Waals surface area contributed by atoms with Crippen molar-refractivity contribution >= 4 is 17.4 Å². The topological polar surface area (TPSA) is 77.7 Å². The van der Waals surface area contributed by atoms with Crippen LogP contribution in [0.15, 0.2) is 24.5 Å². The second-order valence-electron chi connectivity index (χ2n) is 10.4. The van der Waals surface area contributed by atoms with Gasteiger partial charge in [0.05, 0.1) is 18.8 Å². The first kappa shape index (κ1) is 25.7. The predicted molar refractivity (Wildman–Crippen MR) is 137 cm³/mol. The highest BCUT2D eigenvalue weighted by molar-refractivity contribution is 5.79. The Labute approximate surface area is 224 Å². The summed E-state index contributed by atoms with van der Waals surface area (Å²) >= 11 is 0. The number of anilines is 2. The number of fused-ring (bicyclic) bond motifs is 2. The number of aryl methyl sites for hydroxylation is 2. The molecule has 0 unspecified atom stereocenters.